The normalized spacial score (nSPS) is 17.1. The van der Waals surface area contributed by atoms with Gasteiger partial charge in [0.15, 0.2) is 5.96 Å². The number of likely N-dealkylation sites (tertiary alicyclic amines) is 1. The first-order valence-electron chi connectivity index (χ1n) is 8.03. The Balaban J connectivity index is 0.00000242. The lowest BCUT2D eigenvalue weighted by Crippen LogP contribution is -2.35. The van der Waals surface area contributed by atoms with E-state index in [0.29, 0.717) is 11.9 Å². The van der Waals surface area contributed by atoms with Crippen molar-refractivity contribution in [3.63, 3.8) is 0 Å². The number of aliphatic imine (C=N–C) groups is 1. The molecule has 1 heterocycles. The van der Waals surface area contributed by atoms with Crippen LogP contribution in [-0.2, 0) is 0 Å². The molecule has 0 saturated carbocycles. The lowest BCUT2D eigenvalue weighted by molar-refractivity contribution is 0.188. The molecule has 3 N–H and O–H groups in total. The van der Waals surface area contributed by atoms with Crippen molar-refractivity contribution in [1.29, 1.82) is 0 Å². The summed E-state index contributed by atoms with van der Waals surface area (Å²) in [6, 6.07) is 8.19. The summed E-state index contributed by atoms with van der Waals surface area (Å²) in [6.45, 7) is 8.80. The number of guanidine groups is 1. The maximum Gasteiger partial charge on any atom is 0.193 e. The minimum Gasteiger partial charge on any atom is -0.370 e. The van der Waals surface area contributed by atoms with Crippen molar-refractivity contribution in [2.75, 3.05) is 31.5 Å². The van der Waals surface area contributed by atoms with E-state index in [2.05, 4.69) is 41.2 Å². The number of halogens is 1. The Kier molecular flexibility index (Phi) is 8.78. The fraction of sp³-hybridized carbons (Fsp3) is 0.588. The van der Waals surface area contributed by atoms with Crippen LogP contribution in [0.4, 0.5) is 5.69 Å². The molecule has 1 aromatic rings. The van der Waals surface area contributed by atoms with Gasteiger partial charge in [-0.3, -0.25) is 4.99 Å². The second kappa shape index (κ2) is 10.0. The van der Waals surface area contributed by atoms with Crippen molar-refractivity contribution in [2.45, 2.75) is 33.1 Å². The molecule has 0 radical (unpaired) electrons. The lowest BCUT2D eigenvalue weighted by Gasteiger charge is -2.30. The van der Waals surface area contributed by atoms with Crippen LogP contribution in [0, 0.1) is 12.8 Å². The molecule has 0 aromatic heterocycles. The molecule has 124 valence electrons. The minimum absolute atomic E-state index is 0. The van der Waals surface area contributed by atoms with Crippen LogP contribution in [0.1, 0.15) is 31.7 Å². The number of aryl methyl sites for hydroxylation is 1. The number of nitrogens with two attached hydrogens (primary N) is 1. The van der Waals surface area contributed by atoms with E-state index >= 15 is 0 Å². The van der Waals surface area contributed by atoms with Gasteiger partial charge in [-0.2, -0.15) is 0 Å². The first kappa shape index (κ1) is 19.2. The SMILES string of the molecule is CCCN1CCC(CN=C(N)Nc2ccc(C)cc2)CC1.I. The standard InChI is InChI=1S/C17H28N4.HI/c1-3-10-21-11-8-15(9-12-21)13-19-17(18)20-16-6-4-14(2)5-7-16;/h4-7,15H,3,8-13H2,1-2H3,(H3,18,19,20);1H. The molecule has 1 aliphatic rings. The Hall–Kier alpha value is -0.820. The highest BCUT2D eigenvalue weighted by atomic mass is 127. The highest BCUT2D eigenvalue weighted by molar-refractivity contribution is 14.0. The van der Waals surface area contributed by atoms with E-state index in [1.54, 1.807) is 0 Å². The first-order valence-corrected chi connectivity index (χ1v) is 8.03. The van der Waals surface area contributed by atoms with Gasteiger partial charge >= 0.3 is 0 Å². The molecule has 0 aliphatic carbocycles. The van der Waals surface area contributed by atoms with Gasteiger partial charge in [0.2, 0.25) is 0 Å². The van der Waals surface area contributed by atoms with Crippen molar-refractivity contribution >= 4 is 35.6 Å². The maximum atomic E-state index is 5.96. The van der Waals surface area contributed by atoms with Crippen LogP contribution in [0.5, 0.6) is 0 Å². The molecule has 1 saturated heterocycles. The van der Waals surface area contributed by atoms with Crippen LogP contribution >= 0.6 is 24.0 Å². The molecule has 0 amide bonds. The quantitative estimate of drug-likeness (QED) is 0.439. The van der Waals surface area contributed by atoms with Gasteiger partial charge in [0.25, 0.3) is 0 Å². The third-order valence-corrected chi connectivity index (χ3v) is 4.09. The topological polar surface area (TPSA) is 53.6 Å². The first-order chi connectivity index (χ1) is 10.2. The number of nitrogens with zero attached hydrogens (tertiary/aromatic N) is 2. The molecule has 1 aliphatic heterocycles. The van der Waals surface area contributed by atoms with Crippen LogP contribution < -0.4 is 11.1 Å². The van der Waals surface area contributed by atoms with Crippen LogP contribution in [0.3, 0.4) is 0 Å². The number of nitrogens with one attached hydrogen (secondary N) is 1. The van der Waals surface area contributed by atoms with Crippen molar-refractivity contribution in [3.8, 4) is 0 Å². The Morgan fingerprint density at radius 2 is 1.91 bits per heavy atom. The van der Waals surface area contributed by atoms with E-state index < -0.39 is 0 Å². The second-order valence-electron chi connectivity index (χ2n) is 6.00. The molecule has 0 unspecified atom stereocenters. The van der Waals surface area contributed by atoms with Gasteiger partial charge in [-0.1, -0.05) is 24.6 Å². The van der Waals surface area contributed by atoms with Gasteiger partial charge in [0, 0.05) is 12.2 Å². The van der Waals surface area contributed by atoms with Gasteiger partial charge in [0.05, 0.1) is 0 Å². The molecule has 0 bridgehead atoms. The van der Waals surface area contributed by atoms with Crippen LogP contribution in [0.2, 0.25) is 0 Å². The van der Waals surface area contributed by atoms with Crippen LogP contribution in [0.25, 0.3) is 0 Å². The zero-order valence-corrected chi connectivity index (χ0v) is 16.0. The van der Waals surface area contributed by atoms with Gasteiger partial charge in [-0.15, -0.1) is 24.0 Å². The molecule has 22 heavy (non-hydrogen) atoms. The Bertz CT molecular complexity index is 450. The zero-order valence-electron chi connectivity index (χ0n) is 13.7. The number of benzene rings is 1. The van der Waals surface area contributed by atoms with Crippen molar-refractivity contribution in [1.82, 2.24) is 4.90 Å². The summed E-state index contributed by atoms with van der Waals surface area (Å²) in [5, 5.41) is 3.16. The number of hydrogen-bond donors (Lipinski definition) is 2. The average Bonchev–Trinajstić information content (AvgIpc) is 2.49. The molecule has 2 rings (SSSR count). The fourth-order valence-electron chi connectivity index (χ4n) is 2.76. The summed E-state index contributed by atoms with van der Waals surface area (Å²) in [4.78, 5) is 7.05. The monoisotopic (exact) mass is 416 g/mol. The van der Waals surface area contributed by atoms with E-state index in [-0.39, 0.29) is 24.0 Å². The fourth-order valence-corrected chi connectivity index (χ4v) is 2.76. The Labute approximate surface area is 151 Å². The van der Waals surface area contributed by atoms with E-state index in [1.165, 1.54) is 44.5 Å². The average molecular weight is 416 g/mol. The lowest BCUT2D eigenvalue weighted by atomic mass is 9.97. The molecule has 0 spiro atoms. The van der Waals surface area contributed by atoms with Gasteiger partial charge < -0.3 is 16.0 Å². The molecule has 1 fully saturated rings. The molecule has 5 heteroatoms. The summed E-state index contributed by atoms with van der Waals surface area (Å²) in [5.74, 6) is 1.20. The number of anilines is 1. The predicted octanol–water partition coefficient (Wildman–Crippen LogP) is 3.46. The van der Waals surface area contributed by atoms with Gasteiger partial charge in [0.1, 0.15) is 0 Å². The number of rotatable bonds is 5. The highest BCUT2D eigenvalue weighted by Crippen LogP contribution is 2.17. The van der Waals surface area contributed by atoms with Crippen molar-refractivity contribution < 1.29 is 0 Å². The van der Waals surface area contributed by atoms with E-state index in [1.807, 2.05) is 12.1 Å². The summed E-state index contributed by atoms with van der Waals surface area (Å²) in [5.41, 5.74) is 8.21. The molecular weight excluding hydrogens is 387 g/mol. The van der Waals surface area contributed by atoms with E-state index in [9.17, 15) is 0 Å². The summed E-state index contributed by atoms with van der Waals surface area (Å²) < 4.78 is 0. The van der Waals surface area contributed by atoms with Crippen molar-refractivity contribution in [3.05, 3.63) is 29.8 Å². The Morgan fingerprint density at radius 1 is 1.27 bits per heavy atom. The zero-order chi connectivity index (χ0) is 15.1. The van der Waals surface area contributed by atoms with Crippen molar-refractivity contribution in [2.24, 2.45) is 16.6 Å². The second-order valence-corrected chi connectivity index (χ2v) is 6.00. The number of piperidine rings is 1. The number of hydrogen-bond acceptors (Lipinski definition) is 2. The maximum absolute atomic E-state index is 5.96. The van der Waals surface area contributed by atoms with E-state index in [4.69, 9.17) is 5.73 Å². The van der Waals surface area contributed by atoms with Gasteiger partial charge in [-0.25, -0.2) is 0 Å². The van der Waals surface area contributed by atoms with Crippen LogP contribution in [0.15, 0.2) is 29.3 Å². The molecule has 0 atom stereocenters. The van der Waals surface area contributed by atoms with Gasteiger partial charge in [-0.05, 0) is 63.9 Å². The van der Waals surface area contributed by atoms with Crippen LogP contribution in [-0.4, -0.2) is 37.0 Å². The Morgan fingerprint density at radius 3 is 2.50 bits per heavy atom. The largest absolute Gasteiger partial charge is 0.370 e. The smallest absolute Gasteiger partial charge is 0.193 e. The molecular formula is C17H29IN4. The summed E-state index contributed by atoms with van der Waals surface area (Å²) in [7, 11) is 0. The minimum atomic E-state index is 0. The third kappa shape index (κ3) is 6.52. The van der Waals surface area contributed by atoms with E-state index in [0.717, 1.165) is 12.2 Å². The molecule has 1 aromatic carbocycles. The summed E-state index contributed by atoms with van der Waals surface area (Å²) >= 11 is 0. The highest BCUT2D eigenvalue weighted by Gasteiger charge is 2.18. The third-order valence-electron chi connectivity index (χ3n) is 4.09. The predicted molar refractivity (Wildman–Crippen MR) is 106 cm³/mol. The molecule has 4 nitrogen and oxygen atoms in total. The summed E-state index contributed by atoms with van der Waals surface area (Å²) in [6.07, 6.45) is 3.72.